The summed E-state index contributed by atoms with van der Waals surface area (Å²) in [6.07, 6.45) is 5.57. The Labute approximate surface area is 138 Å². The first kappa shape index (κ1) is 19.5. The molecular formula is C19H36N2O. The number of hydrogen-bond donors (Lipinski definition) is 0. The molecule has 2 heterocycles. The van der Waals surface area contributed by atoms with Gasteiger partial charge in [0.05, 0.1) is 6.10 Å². The Morgan fingerprint density at radius 1 is 0.955 bits per heavy atom. The van der Waals surface area contributed by atoms with Gasteiger partial charge in [-0.1, -0.05) is 26.7 Å². The summed E-state index contributed by atoms with van der Waals surface area (Å²) in [5.41, 5.74) is 0. The molecule has 0 aromatic heterocycles. The van der Waals surface area contributed by atoms with E-state index in [2.05, 4.69) is 28.6 Å². The first-order valence-corrected chi connectivity index (χ1v) is 9.27. The molecule has 0 aromatic rings. The van der Waals surface area contributed by atoms with Crippen LogP contribution in [0.1, 0.15) is 53.4 Å². The molecule has 0 N–H and O–H groups in total. The summed E-state index contributed by atoms with van der Waals surface area (Å²) in [4.78, 5) is 5.23. The van der Waals surface area contributed by atoms with Crippen LogP contribution in [0.4, 0.5) is 0 Å². The Balaban J connectivity index is 0.00000116. The van der Waals surface area contributed by atoms with Crippen LogP contribution >= 0.6 is 0 Å². The van der Waals surface area contributed by atoms with Crippen molar-refractivity contribution in [3.63, 3.8) is 0 Å². The molecule has 0 radical (unpaired) electrons. The van der Waals surface area contributed by atoms with E-state index in [0.29, 0.717) is 12.7 Å². The third-order valence-electron chi connectivity index (χ3n) is 4.77. The van der Waals surface area contributed by atoms with Crippen LogP contribution in [0.3, 0.4) is 0 Å². The standard InChI is InChI=1S/C17H30N2O.C2H6/c1-3-5-14-20-17-8-12-19(13-9-17)15-16-6-10-18(4-2)11-7-16;1-2/h16-17H,4,6-15H2,1-2H3;1-2H3. The summed E-state index contributed by atoms with van der Waals surface area (Å²) in [5.74, 6) is 6.80. The normalized spacial score (nSPS) is 21.6. The van der Waals surface area contributed by atoms with E-state index >= 15 is 0 Å². The van der Waals surface area contributed by atoms with Gasteiger partial charge in [0.1, 0.15) is 6.61 Å². The molecule has 0 aromatic carbocycles. The maximum absolute atomic E-state index is 5.78. The minimum absolute atomic E-state index is 0.439. The summed E-state index contributed by atoms with van der Waals surface area (Å²) in [5, 5.41) is 0. The summed E-state index contributed by atoms with van der Waals surface area (Å²) in [7, 11) is 0. The fraction of sp³-hybridized carbons (Fsp3) is 0.895. The molecule has 2 saturated heterocycles. The fourth-order valence-electron chi connectivity index (χ4n) is 3.34. The van der Waals surface area contributed by atoms with Gasteiger partial charge in [-0.25, -0.2) is 0 Å². The molecule has 0 bridgehead atoms. The molecule has 0 amide bonds. The van der Waals surface area contributed by atoms with Gasteiger partial charge in [0.2, 0.25) is 0 Å². The van der Waals surface area contributed by atoms with Crippen LogP contribution in [-0.4, -0.2) is 61.8 Å². The lowest BCUT2D eigenvalue weighted by Gasteiger charge is -2.37. The minimum Gasteiger partial charge on any atom is -0.365 e. The molecule has 0 unspecified atom stereocenters. The average molecular weight is 309 g/mol. The summed E-state index contributed by atoms with van der Waals surface area (Å²) < 4.78 is 5.78. The smallest absolute Gasteiger partial charge is 0.108 e. The molecule has 22 heavy (non-hydrogen) atoms. The highest BCUT2D eigenvalue weighted by Gasteiger charge is 2.24. The third-order valence-corrected chi connectivity index (χ3v) is 4.77. The molecule has 3 heteroatoms. The fourth-order valence-corrected chi connectivity index (χ4v) is 3.34. The van der Waals surface area contributed by atoms with Crippen molar-refractivity contribution >= 4 is 0 Å². The van der Waals surface area contributed by atoms with Crippen LogP contribution < -0.4 is 0 Å². The zero-order valence-corrected chi connectivity index (χ0v) is 15.2. The highest BCUT2D eigenvalue weighted by atomic mass is 16.5. The second kappa shape index (κ2) is 11.9. The Morgan fingerprint density at radius 2 is 1.55 bits per heavy atom. The van der Waals surface area contributed by atoms with Gasteiger partial charge < -0.3 is 14.5 Å². The van der Waals surface area contributed by atoms with Crippen LogP contribution in [0, 0.1) is 17.8 Å². The molecule has 2 fully saturated rings. The van der Waals surface area contributed by atoms with Gasteiger partial charge in [0.25, 0.3) is 0 Å². The Hall–Kier alpha value is -0.560. The molecule has 0 aliphatic carbocycles. The molecule has 3 nitrogen and oxygen atoms in total. The van der Waals surface area contributed by atoms with E-state index in [1.54, 1.807) is 0 Å². The van der Waals surface area contributed by atoms with Crippen molar-refractivity contribution in [2.75, 3.05) is 45.9 Å². The minimum atomic E-state index is 0.439. The molecule has 2 aliphatic heterocycles. The molecule has 2 aliphatic rings. The Bertz CT molecular complexity index is 318. The second-order valence-electron chi connectivity index (χ2n) is 6.12. The van der Waals surface area contributed by atoms with Gasteiger partial charge in [-0.05, 0) is 58.2 Å². The van der Waals surface area contributed by atoms with Gasteiger partial charge in [-0.2, -0.15) is 0 Å². The second-order valence-corrected chi connectivity index (χ2v) is 6.12. The van der Waals surface area contributed by atoms with Gasteiger partial charge >= 0.3 is 0 Å². The number of nitrogens with zero attached hydrogens (tertiary/aromatic N) is 2. The largest absolute Gasteiger partial charge is 0.365 e. The number of hydrogen-bond acceptors (Lipinski definition) is 3. The average Bonchev–Trinajstić information content (AvgIpc) is 2.59. The van der Waals surface area contributed by atoms with E-state index in [9.17, 15) is 0 Å². The van der Waals surface area contributed by atoms with Crippen molar-refractivity contribution in [3.05, 3.63) is 0 Å². The number of piperidine rings is 2. The summed E-state index contributed by atoms with van der Waals surface area (Å²) >= 11 is 0. The van der Waals surface area contributed by atoms with E-state index in [4.69, 9.17) is 4.74 Å². The summed E-state index contributed by atoms with van der Waals surface area (Å²) in [6.45, 7) is 16.3. The lowest BCUT2D eigenvalue weighted by atomic mass is 9.95. The predicted octanol–water partition coefficient (Wildman–Crippen LogP) is 3.25. The SMILES string of the molecule is CC.CC#CCOC1CCN(CC2CCN(CC)CC2)CC1. The zero-order chi connectivity index (χ0) is 16.2. The van der Waals surface area contributed by atoms with Crippen molar-refractivity contribution in [1.29, 1.82) is 0 Å². The van der Waals surface area contributed by atoms with E-state index in [1.807, 2.05) is 20.8 Å². The van der Waals surface area contributed by atoms with Crippen LogP contribution in [0.5, 0.6) is 0 Å². The number of likely N-dealkylation sites (tertiary alicyclic amines) is 2. The Morgan fingerprint density at radius 3 is 2.09 bits per heavy atom. The predicted molar refractivity (Wildman–Crippen MR) is 95.1 cm³/mol. The first-order valence-electron chi connectivity index (χ1n) is 9.27. The van der Waals surface area contributed by atoms with Crippen molar-refractivity contribution in [1.82, 2.24) is 9.80 Å². The monoisotopic (exact) mass is 308 g/mol. The van der Waals surface area contributed by atoms with Crippen LogP contribution in [0.25, 0.3) is 0 Å². The topological polar surface area (TPSA) is 15.7 Å². The third kappa shape index (κ3) is 7.13. The maximum atomic E-state index is 5.78. The van der Waals surface area contributed by atoms with E-state index in [1.165, 1.54) is 65.0 Å². The van der Waals surface area contributed by atoms with Gasteiger partial charge in [-0.15, -0.1) is 5.92 Å². The van der Waals surface area contributed by atoms with Crippen molar-refractivity contribution in [2.45, 2.75) is 59.5 Å². The maximum Gasteiger partial charge on any atom is 0.108 e. The van der Waals surface area contributed by atoms with Gasteiger partial charge in [0.15, 0.2) is 0 Å². The van der Waals surface area contributed by atoms with Crippen molar-refractivity contribution in [2.24, 2.45) is 5.92 Å². The molecule has 128 valence electrons. The van der Waals surface area contributed by atoms with Crippen LogP contribution in [-0.2, 0) is 4.74 Å². The highest BCUT2D eigenvalue weighted by Crippen LogP contribution is 2.21. The lowest BCUT2D eigenvalue weighted by Crippen LogP contribution is -2.42. The molecule has 0 spiro atoms. The number of rotatable bonds is 5. The Kier molecular flexibility index (Phi) is 10.6. The van der Waals surface area contributed by atoms with Crippen molar-refractivity contribution < 1.29 is 4.74 Å². The van der Waals surface area contributed by atoms with Gasteiger partial charge in [-0.3, -0.25) is 0 Å². The first-order chi connectivity index (χ1) is 10.8. The van der Waals surface area contributed by atoms with E-state index in [0.717, 1.165) is 5.92 Å². The molecular weight excluding hydrogens is 272 g/mol. The van der Waals surface area contributed by atoms with Crippen molar-refractivity contribution in [3.8, 4) is 11.8 Å². The zero-order valence-electron chi connectivity index (χ0n) is 15.2. The number of ether oxygens (including phenoxy) is 1. The quantitative estimate of drug-likeness (QED) is 0.725. The van der Waals surface area contributed by atoms with E-state index < -0.39 is 0 Å². The lowest BCUT2D eigenvalue weighted by molar-refractivity contribution is 0.0178. The van der Waals surface area contributed by atoms with E-state index in [-0.39, 0.29) is 0 Å². The summed E-state index contributed by atoms with van der Waals surface area (Å²) in [6, 6.07) is 0. The molecule has 0 atom stereocenters. The molecule has 0 saturated carbocycles. The van der Waals surface area contributed by atoms with Crippen LogP contribution in [0.15, 0.2) is 0 Å². The highest BCUT2D eigenvalue weighted by molar-refractivity contribution is 4.95. The molecule has 2 rings (SSSR count). The van der Waals surface area contributed by atoms with Gasteiger partial charge in [0, 0.05) is 19.6 Å². The van der Waals surface area contributed by atoms with Crippen LogP contribution in [0.2, 0.25) is 0 Å².